The first kappa shape index (κ1) is 13.5. The van der Waals surface area contributed by atoms with E-state index in [2.05, 4.69) is 12.3 Å². The summed E-state index contributed by atoms with van der Waals surface area (Å²) in [6.07, 6.45) is 2.05. The minimum atomic E-state index is 0.524. The molecule has 19 heavy (non-hydrogen) atoms. The molecule has 0 spiro atoms. The molecule has 96 valence electrons. The lowest BCUT2D eigenvalue weighted by molar-refractivity contribution is 0.305. The summed E-state index contributed by atoms with van der Waals surface area (Å²) in [7, 11) is 0. The highest BCUT2D eigenvalue weighted by molar-refractivity contribution is 7.98. The van der Waals surface area contributed by atoms with Gasteiger partial charge in [0.25, 0.3) is 0 Å². The van der Waals surface area contributed by atoms with Gasteiger partial charge in [-0.25, -0.2) is 0 Å². The highest BCUT2D eigenvalue weighted by Crippen LogP contribution is 2.20. The summed E-state index contributed by atoms with van der Waals surface area (Å²) in [5.74, 6) is 0.863. The zero-order valence-corrected chi connectivity index (χ0v) is 11.8. The second-order valence-electron chi connectivity index (χ2n) is 4.22. The predicted octanol–water partition coefficient (Wildman–Crippen LogP) is 4.17. The Labute approximate surface area is 118 Å². The van der Waals surface area contributed by atoms with E-state index < -0.39 is 0 Å². The summed E-state index contributed by atoms with van der Waals surface area (Å²) < 4.78 is 5.75. The third-order valence-corrected chi connectivity index (χ3v) is 3.67. The molecule has 0 bridgehead atoms. The molecule has 2 rings (SSSR count). The van der Waals surface area contributed by atoms with Crippen molar-refractivity contribution in [1.29, 1.82) is 5.26 Å². The van der Waals surface area contributed by atoms with Crippen LogP contribution in [0, 0.1) is 18.3 Å². The van der Waals surface area contributed by atoms with Crippen LogP contribution in [0.25, 0.3) is 0 Å². The van der Waals surface area contributed by atoms with Gasteiger partial charge < -0.3 is 4.74 Å². The van der Waals surface area contributed by atoms with E-state index in [1.54, 1.807) is 11.8 Å². The van der Waals surface area contributed by atoms with Crippen LogP contribution in [0.4, 0.5) is 0 Å². The number of ether oxygens (including phenoxy) is 1. The van der Waals surface area contributed by atoms with Crippen molar-refractivity contribution in [2.24, 2.45) is 0 Å². The van der Waals surface area contributed by atoms with Gasteiger partial charge in [-0.15, -0.1) is 11.8 Å². The van der Waals surface area contributed by atoms with Crippen LogP contribution in [0.2, 0.25) is 0 Å². The van der Waals surface area contributed by atoms with Gasteiger partial charge >= 0.3 is 0 Å². The average molecular weight is 269 g/mol. The zero-order chi connectivity index (χ0) is 13.7. The first-order chi connectivity index (χ1) is 9.22. The highest BCUT2D eigenvalue weighted by Gasteiger charge is 2.01. The second kappa shape index (κ2) is 6.31. The molecule has 2 aromatic carbocycles. The van der Waals surface area contributed by atoms with Gasteiger partial charge in [-0.1, -0.05) is 6.07 Å². The van der Waals surface area contributed by atoms with Gasteiger partial charge in [0.05, 0.1) is 11.6 Å². The molecule has 0 saturated heterocycles. The van der Waals surface area contributed by atoms with Crippen LogP contribution in [0.3, 0.4) is 0 Å². The average Bonchev–Trinajstić information content (AvgIpc) is 2.46. The molecule has 0 atom stereocenters. The summed E-state index contributed by atoms with van der Waals surface area (Å²) in [5.41, 5.74) is 2.87. The molecule has 2 aromatic rings. The summed E-state index contributed by atoms with van der Waals surface area (Å²) in [4.78, 5) is 1.22. The fraction of sp³-hybridized carbons (Fsp3) is 0.188. The quantitative estimate of drug-likeness (QED) is 0.781. The lowest BCUT2D eigenvalue weighted by atomic mass is 10.1. The molecule has 0 N–H and O–H groups in total. The standard InChI is InChI=1S/C16H15NOS/c1-12-9-13(10-17)3-4-14(12)11-18-15-5-7-16(19-2)8-6-15/h3-9H,11H2,1-2H3. The van der Waals surface area contributed by atoms with E-state index in [0.717, 1.165) is 16.9 Å². The third kappa shape index (κ3) is 3.52. The van der Waals surface area contributed by atoms with E-state index in [1.807, 2.05) is 49.4 Å². The van der Waals surface area contributed by atoms with Gasteiger partial charge in [0.2, 0.25) is 0 Å². The number of nitrogens with zero attached hydrogens (tertiary/aromatic N) is 1. The molecule has 3 heteroatoms. The molecule has 0 heterocycles. The highest BCUT2D eigenvalue weighted by atomic mass is 32.2. The van der Waals surface area contributed by atoms with Crippen LogP contribution >= 0.6 is 11.8 Å². The number of nitriles is 1. The molecule has 0 aromatic heterocycles. The van der Waals surface area contributed by atoms with E-state index >= 15 is 0 Å². The molecule has 0 aliphatic carbocycles. The Hall–Kier alpha value is -1.92. The zero-order valence-electron chi connectivity index (χ0n) is 11.0. The Kier molecular flexibility index (Phi) is 4.48. The van der Waals surface area contributed by atoms with E-state index in [0.29, 0.717) is 12.2 Å². The monoisotopic (exact) mass is 269 g/mol. The predicted molar refractivity (Wildman–Crippen MR) is 78.4 cm³/mol. The maximum Gasteiger partial charge on any atom is 0.119 e. The lowest BCUT2D eigenvalue weighted by Gasteiger charge is -2.09. The number of benzene rings is 2. The molecule has 0 fully saturated rings. The van der Waals surface area contributed by atoms with Crippen molar-refractivity contribution in [3.63, 3.8) is 0 Å². The van der Waals surface area contributed by atoms with Crippen molar-refractivity contribution < 1.29 is 4.74 Å². The van der Waals surface area contributed by atoms with Gasteiger partial charge in [-0.2, -0.15) is 5.26 Å². The smallest absolute Gasteiger partial charge is 0.119 e. The van der Waals surface area contributed by atoms with Crippen molar-refractivity contribution in [2.75, 3.05) is 6.26 Å². The summed E-state index contributed by atoms with van der Waals surface area (Å²) in [6.45, 7) is 2.52. The first-order valence-electron chi connectivity index (χ1n) is 5.99. The molecule has 0 aliphatic heterocycles. The molecule has 2 nitrogen and oxygen atoms in total. The fourth-order valence-corrected chi connectivity index (χ4v) is 2.17. The normalized spacial score (nSPS) is 9.95. The van der Waals surface area contributed by atoms with E-state index in [4.69, 9.17) is 10.00 Å². The summed E-state index contributed by atoms with van der Waals surface area (Å²) in [6, 6.07) is 15.8. The van der Waals surface area contributed by atoms with Crippen LogP contribution in [-0.4, -0.2) is 6.26 Å². The Morgan fingerprint density at radius 1 is 1.16 bits per heavy atom. The summed E-state index contributed by atoms with van der Waals surface area (Å²) in [5, 5.41) is 8.83. The molecule has 0 radical (unpaired) electrons. The molecule has 0 saturated carbocycles. The van der Waals surface area contributed by atoms with Crippen LogP contribution in [-0.2, 0) is 6.61 Å². The van der Waals surface area contributed by atoms with Crippen molar-refractivity contribution >= 4 is 11.8 Å². The minimum absolute atomic E-state index is 0.524. The van der Waals surface area contributed by atoms with Crippen molar-refractivity contribution in [1.82, 2.24) is 0 Å². The van der Waals surface area contributed by atoms with Gasteiger partial charge in [0.15, 0.2) is 0 Å². The molecule has 0 amide bonds. The maximum atomic E-state index is 8.83. The van der Waals surface area contributed by atoms with Gasteiger partial charge in [0, 0.05) is 4.90 Å². The second-order valence-corrected chi connectivity index (χ2v) is 5.10. The van der Waals surface area contributed by atoms with Gasteiger partial charge in [-0.3, -0.25) is 0 Å². The van der Waals surface area contributed by atoms with Crippen LogP contribution in [0.1, 0.15) is 16.7 Å². The molecule has 0 aliphatic rings. The Morgan fingerprint density at radius 2 is 1.89 bits per heavy atom. The number of rotatable bonds is 4. The first-order valence-corrected chi connectivity index (χ1v) is 7.22. The maximum absolute atomic E-state index is 8.83. The van der Waals surface area contributed by atoms with Crippen LogP contribution in [0.5, 0.6) is 5.75 Å². The Bertz CT molecular complexity index is 599. The largest absolute Gasteiger partial charge is 0.489 e. The van der Waals surface area contributed by atoms with Crippen LogP contribution < -0.4 is 4.74 Å². The number of hydrogen-bond acceptors (Lipinski definition) is 3. The SMILES string of the molecule is CSc1ccc(OCc2ccc(C#N)cc2C)cc1. The fourth-order valence-electron chi connectivity index (χ4n) is 1.76. The van der Waals surface area contributed by atoms with E-state index in [1.165, 1.54) is 4.90 Å². The van der Waals surface area contributed by atoms with E-state index in [-0.39, 0.29) is 0 Å². The molecular formula is C16H15NOS. The lowest BCUT2D eigenvalue weighted by Crippen LogP contribution is -1.98. The number of aryl methyl sites for hydroxylation is 1. The summed E-state index contributed by atoms with van der Waals surface area (Å²) >= 11 is 1.71. The topological polar surface area (TPSA) is 33.0 Å². The van der Waals surface area contributed by atoms with E-state index in [9.17, 15) is 0 Å². The number of thioether (sulfide) groups is 1. The van der Waals surface area contributed by atoms with Crippen molar-refractivity contribution in [3.8, 4) is 11.8 Å². The number of hydrogen-bond donors (Lipinski definition) is 0. The van der Waals surface area contributed by atoms with Crippen molar-refractivity contribution in [2.45, 2.75) is 18.4 Å². The Morgan fingerprint density at radius 3 is 2.47 bits per heavy atom. The van der Waals surface area contributed by atoms with Gasteiger partial charge in [0.1, 0.15) is 12.4 Å². The molecule has 0 unspecified atom stereocenters. The molecular weight excluding hydrogens is 254 g/mol. The van der Waals surface area contributed by atoms with Crippen LogP contribution in [0.15, 0.2) is 47.4 Å². The minimum Gasteiger partial charge on any atom is -0.489 e. The Balaban J connectivity index is 2.04. The third-order valence-electron chi connectivity index (χ3n) is 2.93. The van der Waals surface area contributed by atoms with Gasteiger partial charge in [-0.05, 0) is 60.7 Å². The van der Waals surface area contributed by atoms with Crippen molar-refractivity contribution in [3.05, 3.63) is 59.2 Å².